The standard InChI is InChI=1S/C18H22N2O4S/c1-22-8-7-20(11-16-19-6-9-25-16)18(21)14-10-13-4-3-5-15(23-2)17(13)24-12-14/h3-6,9,14H,7-8,10-12H2,1-2H3/t14-/m0/s1. The number of thiazole rings is 1. The molecule has 1 aromatic carbocycles. The van der Waals surface area contributed by atoms with Gasteiger partial charge in [0.05, 0.1) is 26.2 Å². The Morgan fingerprint density at radius 2 is 2.32 bits per heavy atom. The van der Waals surface area contributed by atoms with Crippen LogP contribution >= 0.6 is 11.3 Å². The molecule has 1 aliphatic rings. The topological polar surface area (TPSA) is 60.9 Å². The van der Waals surface area contributed by atoms with Crippen LogP contribution in [0.1, 0.15) is 10.6 Å². The van der Waals surface area contributed by atoms with Crippen molar-refractivity contribution < 1.29 is 19.0 Å². The van der Waals surface area contributed by atoms with Crippen molar-refractivity contribution in [3.05, 3.63) is 40.3 Å². The van der Waals surface area contributed by atoms with Crippen molar-refractivity contribution in [3.8, 4) is 11.5 Å². The zero-order valence-electron chi connectivity index (χ0n) is 14.4. The Morgan fingerprint density at radius 3 is 3.04 bits per heavy atom. The summed E-state index contributed by atoms with van der Waals surface area (Å²) in [4.78, 5) is 19.1. The fraction of sp³-hybridized carbons (Fsp3) is 0.444. The molecule has 0 radical (unpaired) electrons. The lowest BCUT2D eigenvalue weighted by molar-refractivity contribution is -0.138. The van der Waals surface area contributed by atoms with Crippen molar-refractivity contribution in [3.63, 3.8) is 0 Å². The minimum absolute atomic E-state index is 0.0701. The second kappa shape index (κ2) is 8.31. The van der Waals surface area contributed by atoms with Crippen LogP contribution in [-0.4, -0.2) is 49.8 Å². The summed E-state index contributed by atoms with van der Waals surface area (Å²) in [6, 6.07) is 5.78. The molecule has 7 heteroatoms. The number of methoxy groups -OCH3 is 2. The van der Waals surface area contributed by atoms with E-state index in [9.17, 15) is 4.79 Å². The van der Waals surface area contributed by atoms with Gasteiger partial charge in [-0.25, -0.2) is 4.98 Å². The molecular formula is C18H22N2O4S. The van der Waals surface area contributed by atoms with Gasteiger partial charge in [0, 0.05) is 25.2 Å². The Morgan fingerprint density at radius 1 is 1.44 bits per heavy atom. The normalized spacial score (nSPS) is 16.0. The number of nitrogens with zero attached hydrogens (tertiary/aromatic N) is 2. The molecule has 0 unspecified atom stereocenters. The number of carbonyl (C=O) groups excluding carboxylic acids is 1. The Bertz CT molecular complexity index is 705. The number of ether oxygens (including phenoxy) is 3. The molecule has 134 valence electrons. The molecule has 3 rings (SSSR count). The van der Waals surface area contributed by atoms with Crippen LogP contribution in [-0.2, 0) is 22.5 Å². The van der Waals surface area contributed by atoms with Gasteiger partial charge in [-0.05, 0) is 18.1 Å². The van der Waals surface area contributed by atoms with Crippen LogP contribution in [0.3, 0.4) is 0 Å². The Hall–Kier alpha value is -2.12. The zero-order chi connectivity index (χ0) is 17.6. The largest absolute Gasteiger partial charge is 0.493 e. The molecule has 1 atom stereocenters. The predicted octanol–water partition coefficient (Wildman–Crippen LogP) is 2.38. The van der Waals surface area contributed by atoms with Crippen LogP contribution in [0.5, 0.6) is 11.5 Å². The van der Waals surface area contributed by atoms with Crippen molar-refractivity contribution in [2.45, 2.75) is 13.0 Å². The summed E-state index contributed by atoms with van der Waals surface area (Å²) in [5.74, 6) is 1.32. The van der Waals surface area contributed by atoms with E-state index in [1.807, 2.05) is 28.5 Å². The van der Waals surface area contributed by atoms with Crippen LogP contribution < -0.4 is 9.47 Å². The lowest BCUT2D eigenvalue weighted by Crippen LogP contribution is -2.42. The average molecular weight is 362 g/mol. The van der Waals surface area contributed by atoms with Gasteiger partial charge in [0.2, 0.25) is 5.91 Å². The number of hydrogen-bond donors (Lipinski definition) is 0. The van der Waals surface area contributed by atoms with Crippen LogP contribution in [0.15, 0.2) is 29.8 Å². The van der Waals surface area contributed by atoms with Gasteiger partial charge in [-0.15, -0.1) is 11.3 Å². The highest BCUT2D eigenvalue weighted by atomic mass is 32.1. The van der Waals surface area contributed by atoms with E-state index in [-0.39, 0.29) is 11.8 Å². The third kappa shape index (κ3) is 4.11. The van der Waals surface area contributed by atoms with Crippen LogP contribution in [0.25, 0.3) is 0 Å². The molecule has 25 heavy (non-hydrogen) atoms. The highest BCUT2D eigenvalue weighted by Crippen LogP contribution is 2.36. The molecule has 2 heterocycles. The number of amides is 1. The number of para-hydroxylation sites is 1. The summed E-state index contributed by atoms with van der Waals surface area (Å²) in [5, 5.41) is 2.84. The van der Waals surface area contributed by atoms with Gasteiger partial charge in [0.1, 0.15) is 11.6 Å². The monoisotopic (exact) mass is 362 g/mol. The number of benzene rings is 1. The van der Waals surface area contributed by atoms with Crippen molar-refractivity contribution in [1.82, 2.24) is 9.88 Å². The fourth-order valence-electron chi connectivity index (χ4n) is 2.93. The molecule has 0 bridgehead atoms. The number of carbonyl (C=O) groups is 1. The lowest BCUT2D eigenvalue weighted by atomic mass is 9.95. The SMILES string of the molecule is COCCN(Cc1nccs1)C(=O)[C@@H]1COc2c(cccc2OC)C1. The number of aromatic nitrogens is 1. The van der Waals surface area contributed by atoms with Crippen LogP contribution in [0.4, 0.5) is 0 Å². The quantitative estimate of drug-likeness (QED) is 0.757. The maximum atomic E-state index is 13.0. The molecule has 0 aliphatic carbocycles. The minimum Gasteiger partial charge on any atom is -0.493 e. The van der Waals surface area contributed by atoms with Gasteiger partial charge in [-0.1, -0.05) is 12.1 Å². The molecule has 2 aromatic rings. The first kappa shape index (κ1) is 17.7. The number of hydrogen-bond acceptors (Lipinski definition) is 6. The van der Waals surface area contributed by atoms with Gasteiger partial charge < -0.3 is 19.1 Å². The zero-order valence-corrected chi connectivity index (χ0v) is 15.3. The lowest BCUT2D eigenvalue weighted by Gasteiger charge is -2.30. The predicted molar refractivity (Wildman–Crippen MR) is 95.1 cm³/mol. The average Bonchev–Trinajstić information content (AvgIpc) is 3.16. The van der Waals surface area contributed by atoms with Crippen molar-refractivity contribution >= 4 is 17.2 Å². The molecule has 0 N–H and O–H groups in total. The van der Waals surface area contributed by atoms with Crippen molar-refractivity contribution in [2.24, 2.45) is 5.92 Å². The molecule has 0 saturated carbocycles. The second-order valence-electron chi connectivity index (χ2n) is 5.84. The first-order valence-corrected chi connectivity index (χ1v) is 9.05. The second-order valence-corrected chi connectivity index (χ2v) is 6.82. The van der Waals surface area contributed by atoms with Gasteiger partial charge >= 0.3 is 0 Å². The fourth-order valence-corrected chi connectivity index (χ4v) is 3.57. The third-order valence-electron chi connectivity index (χ3n) is 4.21. The maximum Gasteiger partial charge on any atom is 0.229 e. The van der Waals surface area contributed by atoms with E-state index in [2.05, 4.69) is 4.98 Å². The molecule has 0 spiro atoms. The molecule has 0 saturated heterocycles. The first-order chi connectivity index (χ1) is 12.2. The molecule has 0 fully saturated rings. The summed E-state index contributed by atoms with van der Waals surface area (Å²) < 4.78 is 16.3. The van der Waals surface area contributed by atoms with E-state index < -0.39 is 0 Å². The Balaban J connectivity index is 1.73. The first-order valence-electron chi connectivity index (χ1n) is 8.17. The highest BCUT2D eigenvalue weighted by Gasteiger charge is 2.31. The van der Waals surface area contributed by atoms with Gasteiger partial charge in [0.15, 0.2) is 11.5 Å². The summed E-state index contributed by atoms with van der Waals surface area (Å²) in [6.07, 6.45) is 2.40. The summed E-state index contributed by atoms with van der Waals surface area (Å²) in [5.41, 5.74) is 1.00. The van der Waals surface area contributed by atoms with E-state index in [1.54, 1.807) is 31.8 Å². The summed E-state index contributed by atoms with van der Waals surface area (Å²) >= 11 is 1.55. The number of rotatable bonds is 7. The molecule has 1 aliphatic heterocycles. The van der Waals surface area contributed by atoms with E-state index in [0.717, 1.165) is 16.3 Å². The van der Waals surface area contributed by atoms with Gasteiger partial charge in [-0.3, -0.25) is 4.79 Å². The smallest absolute Gasteiger partial charge is 0.229 e. The molecule has 1 aromatic heterocycles. The molecule has 1 amide bonds. The van der Waals surface area contributed by atoms with Gasteiger partial charge in [-0.2, -0.15) is 0 Å². The minimum atomic E-state index is -0.212. The maximum absolute atomic E-state index is 13.0. The Labute approximate surface area is 151 Å². The van der Waals surface area contributed by atoms with E-state index in [0.29, 0.717) is 38.5 Å². The van der Waals surface area contributed by atoms with E-state index >= 15 is 0 Å². The third-order valence-corrected chi connectivity index (χ3v) is 4.98. The van der Waals surface area contributed by atoms with Crippen LogP contribution in [0, 0.1) is 5.92 Å². The summed E-state index contributed by atoms with van der Waals surface area (Å²) in [7, 11) is 3.26. The number of fused-ring (bicyclic) bond motifs is 1. The highest BCUT2D eigenvalue weighted by molar-refractivity contribution is 7.09. The van der Waals surface area contributed by atoms with Gasteiger partial charge in [0.25, 0.3) is 0 Å². The molecular weight excluding hydrogens is 340 g/mol. The van der Waals surface area contributed by atoms with Crippen molar-refractivity contribution in [1.29, 1.82) is 0 Å². The molecule has 6 nitrogen and oxygen atoms in total. The van der Waals surface area contributed by atoms with Crippen LogP contribution in [0.2, 0.25) is 0 Å². The van der Waals surface area contributed by atoms with Crippen molar-refractivity contribution in [2.75, 3.05) is 34.0 Å². The summed E-state index contributed by atoms with van der Waals surface area (Å²) in [6.45, 7) is 1.89. The van der Waals surface area contributed by atoms with E-state index in [1.165, 1.54) is 0 Å². The Kier molecular flexibility index (Phi) is 5.88. The van der Waals surface area contributed by atoms with E-state index in [4.69, 9.17) is 14.2 Å².